The minimum Gasteiger partial charge on any atom is -0.489 e. The van der Waals surface area contributed by atoms with Gasteiger partial charge in [0.15, 0.2) is 0 Å². The molecule has 9 nitrogen and oxygen atoms in total. The lowest BCUT2D eigenvalue weighted by Gasteiger charge is -2.20. The van der Waals surface area contributed by atoms with Crippen molar-refractivity contribution in [3.05, 3.63) is 63.7 Å². The molecule has 30 heavy (non-hydrogen) atoms. The van der Waals surface area contributed by atoms with E-state index in [1.165, 1.54) is 12.1 Å². The lowest BCUT2D eigenvalue weighted by molar-refractivity contribution is -0.384. The molecule has 0 bridgehead atoms. The molecule has 2 N–H and O–H groups in total. The van der Waals surface area contributed by atoms with Crippen LogP contribution in [0.3, 0.4) is 0 Å². The van der Waals surface area contributed by atoms with E-state index in [2.05, 4.69) is 4.72 Å². The zero-order chi connectivity index (χ0) is 21.6. The first-order valence-electron chi connectivity index (χ1n) is 9.48. The lowest BCUT2D eigenvalue weighted by atomic mass is 9.90. The van der Waals surface area contributed by atoms with E-state index in [-0.39, 0.29) is 22.6 Å². The maximum Gasteiger partial charge on any atom is 0.310 e. The van der Waals surface area contributed by atoms with Gasteiger partial charge in [-0.1, -0.05) is 18.2 Å². The molecule has 2 aromatic rings. The van der Waals surface area contributed by atoms with Crippen LogP contribution in [0.5, 0.6) is 5.75 Å². The molecule has 2 aliphatic rings. The highest BCUT2D eigenvalue weighted by Crippen LogP contribution is 2.50. The highest BCUT2D eigenvalue weighted by molar-refractivity contribution is 7.89. The summed E-state index contributed by atoms with van der Waals surface area (Å²) in [5.41, 5.74) is 1.19. The summed E-state index contributed by atoms with van der Waals surface area (Å²) in [6.45, 7) is 1.59. The third-order valence-corrected chi connectivity index (χ3v) is 7.31. The van der Waals surface area contributed by atoms with Gasteiger partial charge in [-0.25, -0.2) is 13.1 Å². The Bertz CT molecular complexity index is 1110. The fourth-order valence-electron chi connectivity index (χ4n) is 4.26. The van der Waals surface area contributed by atoms with Crippen molar-refractivity contribution in [3.8, 4) is 5.75 Å². The maximum absolute atomic E-state index is 12.8. The Hall–Kier alpha value is -2.98. The molecule has 1 aliphatic heterocycles. The molecule has 0 amide bonds. The number of rotatable bonds is 6. The number of carbonyl (C=O) groups is 1. The lowest BCUT2D eigenvalue weighted by Crippen LogP contribution is -2.37. The second kappa shape index (κ2) is 7.37. The number of non-ortho nitro benzene ring substituents is 1. The summed E-state index contributed by atoms with van der Waals surface area (Å²) >= 11 is 0. The SMILES string of the molecule is CC(C(=O)O)c1cccc2c1OC1CCC(NS(=O)(=O)c3ccc([N+](=O)[O-])cc3)C21. The van der Waals surface area contributed by atoms with Crippen molar-refractivity contribution in [2.75, 3.05) is 0 Å². The Kier molecular flexibility index (Phi) is 4.99. The first-order valence-corrected chi connectivity index (χ1v) is 11.0. The number of carboxylic acids is 1. The minimum absolute atomic E-state index is 0.0519. The Morgan fingerprint density at radius 1 is 1.23 bits per heavy atom. The van der Waals surface area contributed by atoms with Gasteiger partial charge in [-0.3, -0.25) is 14.9 Å². The maximum atomic E-state index is 12.8. The van der Waals surface area contributed by atoms with Crippen LogP contribution in [0.2, 0.25) is 0 Å². The van der Waals surface area contributed by atoms with Crippen LogP contribution in [-0.4, -0.2) is 36.6 Å². The van der Waals surface area contributed by atoms with Crippen molar-refractivity contribution in [2.45, 2.75) is 48.6 Å². The summed E-state index contributed by atoms with van der Waals surface area (Å²) in [5, 5.41) is 20.2. The van der Waals surface area contributed by atoms with Crippen molar-refractivity contribution in [2.24, 2.45) is 0 Å². The van der Waals surface area contributed by atoms with Crippen LogP contribution in [-0.2, 0) is 14.8 Å². The van der Waals surface area contributed by atoms with Gasteiger partial charge in [0.1, 0.15) is 11.9 Å². The molecule has 0 aromatic heterocycles. The van der Waals surface area contributed by atoms with Gasteiger partial charge in [-0.05, 0) is 31.9 Å². The summed E-state index contributed by atoms with van der Waals surface area (Å²) in [7, 11) is -3.89. The Morgan fingerprint density at radius 3 is 2.57 bits per heavy atom. The Balaban J connectivity index is 1.61. The number of carboxylic acid groups (broad SMARTS) is 1. The molecule has 10 heteroatoms. The average molecular weight is 432 g/mol. The number of aliphatic carboxylic acids is 1. The fraction of sp³-hybridized carbons (Fsp3) is 0.350. The van der Waals surface area contributed by atoms with Gasteiger partial charge in [0.2, 0.25) is 10.0 Å². The smallest absolute Gasteiger partial charge is 0.310 e. The minimum atomic E-state index is -3.89. The van der Waals surface area contributed by atoms with E-state index in [1.807, 2.05) is 6.07 Å². The van der Waals surface area contributed by atoms with Crippen LogP contribution in [0.1, 0.15) is 42.7 Å². The second-order valence-electron chi connectivity index (χ2n) is 7.56. The molecule has 1 fully saturated rings. The molecule has 0 saturated heterocycles. The topological polar surface area (TPSA) is 136 Å². The molecule has 0 spiro atoms. The molecular weight excluding hydrogens is 412 g/mol. The zero-order valence-electron chi connectivity index (χ0n) is 16.0. The molecule has 158 valence electrons. The van der Waals surface area contributed by atoms with Gasteiger partial charge < -0.3 is 9.84 Å². The van der Waals surface area contributed by atoms with E-state index in [4.69, 9.17) is 4.74 Å². The largest absolute Gasteiger partial charge is 0.489 e. The first kappa shape index (κ1) is 20.3. The van der Waals surface area contributed by atoms with Gasteiger partial charge in [0.05, 0.1) is 15.7 Å². The number of hydrogen-bond acceptors (Lipinski definition) is 6. The third kappa shape index (κ3) is 3.41. The molecule has 4 unspecified atom stereocenters. The fourth-order valence-corrected chi connectivity index (χ4v) is 5.55. The number of nitro groups is 1. The number of nitrogens with zero attached hydrogens (tertiary/aromatic N) is 1. The van der Waals surface area contributed by atoms with Crippen molar-refractivity contribution in [3.63, 3.8) is 0 Å². The summed E-state index contributed by atoms with van der Waals surface area (Å²) < 4.78 is 34.4. The van der Waals surface area contributed by atoms with Crippen molar-refractivity contribution in [1.82, 2.24) is 4.72 Å². The average Bonchev–Trinajstić information content (AvgIpc) is 3.27. The Labute approximate surface area is 172 Å². The van der Waals surface area contributed by atoms with E-state index in [0.29, 0.717) is 24.2 Å². The van der Waals surface area contributed by atoms with Gasteiger partial charge in [-0.2, -0.15) is 0 Å². The monoisotopic (exact) mass is 432 g/mol. The van der Waals surface area contributed by atoms with E-state index in [1.54, 1.807) is 19.1 Å². The quantitative estimate of drug-likeness (QED) is 0.529. The molecule has 4 atom stereocenters. The van der Waals surface area contributed by atoms with Crippen molar-refractivity contribution in [1.29, 1.82) is 0 Å². The van der Waals surface area contributed by atoms with Crippen molar-refractivity contribution < 1.29 is 28.0 Å². The van der Waals surface area contributed by atoms with Crippen LogP contribution >= 0.6 is 0 Å². The normalized spacial score (nSPS) is 23.3. The van der Waals surface area contributed by atoms with Gasteiger partial charge in [0, 0.05) is 35.2 Å². The van der Waals surface area contributed by atoms with Crippen LogP contribution in [0.15, 0.2) is 47.4 Å². The number of sulfonamides is 1. The van der Waals surface area contributed by atoms with Crippen LogP contribution < -0.4 is 9.46 Å². The number of fused-ring (bicyclic) bond motifs is 3. The summed E-state index contributed by atoms with van der Waals surface area (Å²) in [6, 6.07) is 9.62. The molecule has 2 aromatic carbocycles. The number of benzene rings is 2. The predicted octanol–water partition coefficient (Wildman–Crippen LogP) is 2.77. The number of hydrogen-bond donors (Lipinski definition) is 2. The third-order valence-electron chi connectivity index (χ3n) is 5.80. The van der Waals surface area contributed by atoms with Gasteiger partial charge >= 0.3 is 5.97 Å². The van der Waals surface area contributed by atoms with Gasteiger partial charge in [0.25, 0.3) is 5.69 Å². The number of nitro benzene ring substituents is 1. The highest BCUT2D eigenvalue weighted by Gasteiger charge is 2.47. The van der Waals surface area contributed by atoms with Crippen molar-refractivity contribution >= 4 is 21.7 Å². The molecule has 1 aliphatic carbocycles. The predicted molar refractivity (Wildman–Crippen MR) is 106 cm³/mol. The van der Waals surface area contributed by atoms with Crippen LogP contribution in [0.25, 0.3) is 0 Å². The van der Waals surface area contributed by atoms with Crippen LogP contribution in [0, 0.1) is 10.1 Å². The van der Waals surface area contributed by atoms with Gasteiger partial charge in [-0.15, -0.1) is 0 Å². The molecule has 0 radical (unpaired) electrons. The standard InChI is InChI=1S/C20H20N2O7S/c1-11(20(23)24)14-3-2-4-15-18-16(9-10-17(18)29-19(14)15)21-30(27,28)13-7-5-12(6-8-13)22(25)26/h2-8,11,16-18,21H,9-10H2,1H3,(H,23,24). The van der Waals surface area contributed by atoms with E-state index in [9.17, 15) is 28.4 Å². The molecule has 1 saturated carbocycles. The first-order chi connectivity index (χ1) is 14.2. The number of para-hydroxylation sites is 1. The van der Waals surface area contributed by atoms with E-state index < -0.39 is 32.9 Å². The van der Waals surface area contributed by atoms with Crippen LogP contribution in [0.4, 0.5) is 5.69 Å². The zero-order valence-corrected chi connectivity index (χ0v) is 16.8. The Morgan fingerprint density at radius 2 is 1.93 bits per heavy atom. The summed E-state index contributed by atoms with van der Waals surface area (Å²) in [4.78, 5) is 21.6. The molecule has 1 heterocycles. The summed E-state index contributed by atoms with van der Waals surface area (Å²) in [6.07, 6.45) is 0.972. The highest BCUT2D eigenvalue weighted by atomic mass is 32.2. The number of nitrogens with one attached hydrogen (secondary N) is 1. The molecule has 4 rings (SSSR count). The second-order valence-corrected chi connectivity index (χ2v) is 9.28. The summed E-state index contributed by atoms with van der Waals surface area (Å²) in [5.74, 6) is -1.40. The van der Waals surface area contributed by atoms with E-state index >= 15 is 0 Å². The van der Waals surface area contributed by atoms with E-state index in [0.717, 1.165) is 17.7 Å². The molecular formula is C20H20N2O7S. The number of ether oxygens (including phenoxy) is 1.